The van der Waals surface area contributed by atoms with E-state index in [1.54, 1.807) is 0 Å². The van der Waals surface area contributed by atoms with Crippen molar-refractivity contribution in [1.29, 1.82) is 0 Å². The summed E-state index contributed by atoms with van der Waals surface area (Å²) in [7, 11) is -2.99. The number of sulfonamides is 1. The molecular weight excluding hydrogens is 176 g/mol. The minimum absolute atomic E-state index is 0.540. The molecule has 0 amide bonds. The quantitative estimate of drug-likeness (QED) is 0.567. The van der Waals surface area contributed by atoms with Crippen molar-refractivity contribution in [3.8, 4) is 0 Å². The summed E-state index contributed by atoms with van der Waals surface area (Å²) in [5, 5.41) is 3.31. The Hall–Kier alpha value is -0.130. The van der Waals surface area contributed by atoms with Crippen LogP contribution in [0.4, 0.5) is 0 Å². The van der Waals surface area contributed by atoms with E-state index in [0.717, 1.165) is 13.0 Å². The average Bonchev–Trinajstić information content (AvgIpc) is 2.68. The third-order valence-electron chi connectivity index (χ3n) is 1.73. The zero-order valence-corrected chi connectivity index (χ0v) is 8.15. The lowest BCUT2D eigenvalue weighted by Gasteiger charge is -2.02. The van der Waals surface area contributed by atoms with Crippen molar-refractivity contribution in [2.24, 2.45) is 0 Å². The molecule has 1 aliphatic rings. The van der Waals surface area contributed by atoms with E-state index in [2.05, 4.69) is 10.0 Å². The normalized spacial score (nSPS) is 18.1. The number of nitrogens with one attached hydrogen (secondary N) is 2. The van der Waals surface area contributed by atoms with Crippen LogP contribution in [-0.2, 0) is 10.0 Å². The van der Waals surface area contributed by atoms with Gasteiger partial charge < -0.3 is 5.32 Å². The lowest BCUT2D eigenvalue weighted by Crippen LogP contribution is -2.26. The van der Waals surface area contributed by atoms with Crippen LogP contribution in [0.5, 0.6) is 0 Å². The summed E-state index contributed by atoms with van der Waals surface area (Å²) in [6.07, 6.45) is 4.60. The van der Waals surface area contributed by atoms with Crippen LogP contribution < -0.4 is 10.0 Å². The molecule has 0 aromatic rings. The van der Waals surface area contributed by atoms with Gasteiger partial charge in [-0.25, -0.2) is 13.1 Å². The van der Waals surface area contributed by atoms with E-state index >= 15 is 0 Å². The van der Waals surface area contributed by atoms with Gasteiger partial charge in [-0.1, -0.05) is 0 Å². The molecule has 0 spiro atoms. The second-order valence-electron chi connectivity index (χ2n) is 3.25. The van der Waals surface area contributed by atoms with E-state index in [1.165, 1.54) is 19.1 Å². The molecule has 0 radical (unpaired) electrons. The van der Waals surface area contributed by atoms with E-state index < -0.39 is 10.0 Å². The van der Waals surface area contributed by atoms with Gasteiger partial charge in [0.15, 0.2) is 0 Å². The van der Waals surface area contributed by atoms with Gasteiger partial charge in [-0.15, -0.1) is 0 Å². The summed E-state index contributed by atoms with van der Waals surface area (Å²) in [6.45, 7) is 1.45. The Kier molecular flexibility index (Phi) is 3.49. The fourth-order valence-corrected chi connectivity index (χ4v) is 1.45. The van der Waals surface area contributed by atoms with Crippen LogP contribution >= 0.6 is 0 Å². The third kappa shape index (κ3) is 5.51. The highest BCUT2D eigenvalue weighted by molar-refractivity contribution is 7.88. The van der Waals surface area contributed by atoms with Gasteiger partial charge >= 0.3 is 0 Å². The van der Waals surface area contributed by atoms with E-state index in [1.807, 2.05) is 0 Å². The first-order chi connectivity index (χ1) is 5.58. The summed E-state index contributed by atoms with van der Waals surface area (Å²) in [5.74, 6) is 0. The maximum absolute atomic E-state index is 10.6. The summed E-state index contributed by atoms with van der Waals surface area (Å²) < 4.78 is 23.7. The maximum Gasteiger partial charge on any atom is 0.208 e. The molecule has 0 atom stereocenters. The Labute approximate surface area is 73.8 Å². The first-order valence-electron chi connectivity index (χ1n) is 4.26. The molecule has 0 heterocycles. The molecule has 4 nitrogen and oxygen atoms in total. The molecule has 12 heavy (non-hydrogen) atoms. The molecule has 0 aromatic heterocycles. The van der Waals surface area contributed by atoms with Crippen LogP contribution in [0.2, 0.25) is 0 Å². The second-order valence-corrected chi connectivity index (χ2v) is 5.08. The second kappa shape index (κ2) is 4.20. The third-order valence-corrected chi connectivity index (χ3v) is 2.46. The number of hydrogen-bond donors (Lipinski definition) is 2. The highest BCUT2D eigenvalue weighted by Crippen LogP contribution is 2.18. The van der Waals surface area contributed by atoms with Gasteiger partial charge in [0.25, 0.3) is 0 Å². The van der Waals surface area contributed by atoms with E-state index in [9.17, 15) is 8.42 Å². The van der Waals surface area contributed by atoms with Crippen LogP contribution in [-0.4, -0.2) is 33.8 Å². The number of rotatable bonds is 6. The number of hydrogen-bond acceptors (Lipinski definition) is 3. The van der Waals surface area contributed by atoms with Crippen LogP contribution in [0.15, 0.2) is 0 Å². The molecular formula is C7H16N2O2S. The van der Waals surface area contributed by atoms with Gasteiger partial charge in [-0.05, 0) is 25.8 Å². The first-order valence-corrected chi connectivity index (χ1v) is 6.15. The van der Waals surface area contributed by atoms with Crippen molar-refractivity contribution in [1.82, 2.24) is 10.0 Å². The molecule has 0 unspecified atom stereocenters. The molecule has 0 saturated heterocycles. The Morgan fingerprint density at radius 3 is 2.50 bits per heavy atom. The van der Waals surface area contributed by atoms with Crippen LogP contribution in [0.25, 0.3) is 0 Å². The SMILES string of the molecule is CS(=O)(=O)NCCCNC1CC1. The zero-order chi connectivity index (χ0) is 9.03. The standard InChI is InChI=1S/C7H16N2O2S/c1-12(10,11)9-6-2-5-8-7-3-4-7/h7-9H,2-6H2,1H3. The smallest absolute Gasteiger partial charge is 0.208 e. The van der Waals surface area contributed by atoms with E-state index in [4.69, 9.17) is 0 Å². The summed E-state index contributed by atoms with van der Waals surface area (Å²) in [6, 6.07) is 0.711. The van der Waals surface area contributed by atoms with Gasteiger partial charge in [-0.2, -0.15) is 0 Å². The lowest BCUT2D eigenvalue weighted by atomic mass is 10.4. The Balaban J connectivity index is 1.88. The molecule has 0 aliphatic heterocycles. The van der Waals surface area contributed by atoms with E-state index in [-0.39, 0.29) is 0 Å². The minimum Gasteiger partial charge on any atom is -0.314 e. The molecule has 0 bridgehead atoms. The topological polar surface area (TPSA) is 58.2 Å². The predicted octanol–water partition coefficient (Wildman–Crippen LogP) is -0.322. The van der Waals surface area contributed by atoms with Gasteiger partial charge in [0.2, 0.25) is 10.0 Å². The summed E-state index contributed by atoms with van der Waals surface area (Å²) in [5.41, 5.74) is 0. The maximum atomic E-state index is 10.6. The van der Waals surface area contributed by atoms with Crippen molar-refractivity contribution in [3.63, 3.8) is 0 Å². The molecule has 5 heteroatoms. The Morgan fingerprint density at radius 1 is 1.33 bits per heavy atom. The molecule has 1 aliphatic carbocycles. The first kappa shape index (κ1) is 9.95. The average molecular weight is 192 g/mol. The van der Waals surface area contributed by atoms with E-state index in [0.29, 0.717) is 12.6 Å². The van der Waals surface area contributed by atoms with Crippen molar-refractivity contribution in [2.45, 2.75) is 25.3 Å². The molecule has 1 rings (SSSR count). The highest BCUT2D eigenvalue weighted by Gasteiger charge is 2.19. The van der Waals surface area contributed by atoms with Gasteiger partial charge in [0.1, 0.15) is 0 Å². The van der Waals surface area contributed by atoms with Crippen LogP contribution in [0.1, 0.15) is 19.3 Å². The zero-order valence-electron chi connectivity index (χ0n) is 7.34. The van der Waals surface area contributed by atoms with Crippen LogP contribution in [0, 0.1) is 0 Å². The summed E-state index contributed by atoms with van der Waals surface area (Å²) >= 11 is 0. The summed E-state index contributed by atoms with van der Waals surface area (Å²) in [4.78, 5) is 0. The van der Waals surface area contributed by atoms with Gasteiger partial charge in [0, 0.05) is 12.6 Å². The van der Waals surface area contributed by atoms with Gasteiger partial charge in [-0.3, -0.25) is 0 Å². The van der Waals surface area contributed by atoms with Gasteiger partial charge in [0.05, 0.1) is 6.26 Å². The fraction of sp³-hybridized carbons (Fsp3) is 1.00. The monoisotopic (exact) mass is 192 g/mol. The minimum atomic E-state index is -2.99. The van der Waals surface area contributed by atoms with Crippen molar-refractivity contribution >= 4 is 10.0 Å². The molecule has 1 saturated carbocycles. The molecule has 1 fully saturated rings. The Bertz CT molecular complexity index is 222. The lowest BCUT2D eigenvalue weighted by molar-refractivity contribution is 0.579. The van der Waals surface area contributed by atoms with Crippen molar-refractivity contribution in [3.05, 3.63) is 0 Å². The van der Waals surface area contributed by atoms with Crippen LogP contribution in [0.3, 0.4) is 0 Å². The highest BCUT2D eigenvalue weighted by atomic mass is 32.2. The fourth-order valence-electron chi connectivity index (χ4n) is 0.940. The largest absolute Gasteiger partial charge is 0.314 e. The molecule has 2 N–H and O–H groups in total. The van der Waals surface area contributed by atoms with Crippen molar-refractivity contribution in [2.75, 3.05) is 19.3 Å². The Morgan fingerprint density at radius 2 is 2.00 bits per heavy atom. The molecule has 72 valence electrons. The predicted molar refractivity (Wildman–Crippen MR) is 48.5 cm³/mol. The van der Waals surface area contributed by atoms with Crippen molar-refractivity contribution < 1.29 is 8.42 Å². The molecule has 0 aromatic carbocycles.